The maximum atomic E-state index is 12.7. The van der Waals surface area contributed by atoms with Gasteiger partial charge in [-0.2, -0.15) is 0 Å². The van der Waals surface area contributed by atoms with Gasteiger partial charge in [0, 0.05) is 0 Å². The van der Waals surface area contributed by atoms with E-state index in [0.717, 1.165) is 18.2 Å². The molecule has 0 heterocycles. The van der Waals surface area contributed by atoms with Crippen LogP contribution in [-0.2, 0) is 14.6 Å². The summed E-state index contributed by atoms with van der Waals surface area (Å²) in [7, 11) is -3.67. The van der Waals surface area contributed by atoms with E-state index in [2.05, 4.69) is 0 Å². The minimum Gasteiger partial charge on any atom is -0.302 e. The first kappa shape index (κ1) is 11.1. The van der Waals surface area contributed by atoms with Gasteiger partial charge < -0.3 is 4.79 Å². The Morgan fingerprint density at radius 2 is 2.07 bits per heavy atom. The number of halogens is 2. The molecule has 76 valence electrons. The predicted octanol–water partition coefficient (Wildman–Crippen LogP) is 1.45. The fourth-order valence-electron chi connectivity index (χ4n) is 0.856. The van der Waals surface area contributed by atoms with Crippen LogP contribution in [0.4, 0.5) is 4.39 Å². The second-order valence-corrected chi connectivity index (χ2v) is 4.97. The molecule has 0 fully saturated rings. The van der Waals surface area contributed by atoms with Crippen molar-refractivity contribution in [3.05, 3.63) is 29.0 Å². The zero-order valence-electron chi connectivity index (χ0n) is 6.91. The van der Waals surface area contributed by atoms with Crippen molar-refractivity contribution in [3.63, 3.8) is 0 Å². The van der Waals surface area contributed by atoms with Gasteiger partial charge in [-0.3, -0.25) is 0 Å². The van der Waals surface area contributed by atoms with E-state index in [9.17, 15) is 17.6 Å². The third-order valence-corrected chi connectivity index (χ3v) is 3.37. The third-order valence-electron chi connectivity index (χ3n) is 1.54. The van der Waals surface area contributed by atoms with Crippen molar-refractivity contribution in [2.24, 2.45) is 0 Å². The first-order valence-electron chi connectivity index (χ1n) is 3.59. The van der Waals surface area contributed by atoms with E-state index in [1.807, 2.05) is 0 Å². The summed E-state index contributed by atoms with van der Waals surface area (Å²) in [5.41, 5.74) is 0. The summed E-state index contributed by atoms with van der Waals surface area (Å²) in [5.74, 6) is -1.33. The largest absolute Gasteiger partial charge is 0.302 e. The van der Waals surface area contributed by atoms with Gasteiger partial charge in [0.15, 0.2) is 9.84 Å². The van der Waals surface area contributed by atoms with Crippen LogP contribution in [0.15, 0.2) is 23.1 Å². The van der Waals surface area contributed by atoms with E-state index in [0.29, 0.717) is 0 Å². The SMILES string of the molecule is O=CCS(=O)(=O)c1ccc(F)c(Cl)c1. The summed E-state index contributed by atoms with van der Waals surface area (Å²) < 4.78 is 35.2. The van der Waals surface area contributed by atoms with Gasteiger partial charge in [0.05, 0.1) is 9.92 Å². The van der Waals surface area contributed by atoms with Crippen molar-refractivity contribution in [2.75, 3.05) is 5.75 Å². The first-order chi connectivity index (χ1) is 6.47. The number of sulfone groups is 1. The molecule has 0 aromatic heterocycles. The van der Waals surface area contributed by atoms with Crippen LogP contribution >= 0.6 is 11.6 Å². The maximum absolute atomic E-state index is 12.7. The molecular formula is C8H6ClFO3S. The van der Waals surface area contributed by atoms with Crippen LogP contribution in [-0.4, -0.2) is 20.5 Å². The van der Waals surface area contributed by atoms with E-state index < -0.39 is 21.4 Å². The zero-order valence-corrected chi connectivity index (χ0v) is 8.48. The fourth-order valence-corrected chi connectivity index (χ4v) is 2.05. The van der Waals surface area contributed by atoms with Crippen LogP contribution in [0.5, 0.6) is 0 Å². The van der Waals surface area contributed by atoms with Gasteiger partial charge >= 0.3 is 0 Å². The summed E-state index contributed by atoms with van der Waals surface area (Å²) in [6.07, 6.45) is 0.270. The van der Waals surface area contributed by atoms with Crippen LogP contribution in [0.25, 0.3) is 0 Å². The van der Waals surface area contributed by atoms with Crippen LogP contribution in [0.3, 0.4) is 0 Å². The Morgan fingerprint density at radius 1 is 1.43 bits per heavy atom. The van der Waals surface area contributed by atoms with Gasteiger partial charge in [-0.05, 0) is 18.2 Å². The standard InChI is InChI=1S/C8H6ClFO3S/c9-7-5-6(1-2-8(7)10)14(12,13)4-3-11/h1-3,5H,4H2. The normalized spacial score (nSPS) is 11.3. The molecule has 0 unspecified atom stereocenters. The molecule has 0 saturated carbocycles. The van der Waals surface area contributed by atoms with Crippen molar-refractivity contribution >= 4 is 27.7 Å². The highest BCUT2D eigenvalue weighted by Crippen LogP contribution is 2.19. The second-order valence-electron chi connectivity index (χ2n) is 2.52. The van der Waals surface area contributed by atoms with Gasteiger partial charge in [-0.15, -0.1) is 0 Å². The minimum absolute atomic E-state index is 0.156. The summed E-state index contributed by atoms with van der Waals surface area (Å²) in [4.78, 5) is 9.90. The van der Waals surface area contributed by atoms with Crippen LogP contribution in [0, 0.1) is 5.82 Å². The molecule has 3 nitrogen and oxygen atoms in total. The quantitative estimate of drug-likeness (QED) is 0.590. The Hall–Kier alpha value is -0.940. The number of hydrogen-bond acceptors (Lipinski definition) is 3. The predicted molar refractivity (Wildman–Crippen MR) is 49.5 cm³/mol. The topological polar surface area (TPSA) is 51.2 Å². The average Bonchev–Trinajstić information content (AvgIpc) is 2.09. The highest BCUT2D eigenvalue weighted by molar-refractivity contribution is 7.92. The lowest BCUT2D eigenvalue weighted by Crippen LogP contribution is -2.07. The van der Waals surface area contributed by atoms with Crippen molar-refractivity contribution in [2.45, 2.75) is 4.90 Å². The first-order valence-corrected chi connectivity index (χ1v) is 5.62. The van der Waals surface area contributed by atoms with Gasteiger partial charge in [0.2, 0.25) is 0 Å². The van der Waals surface area contributed by atoms with Crippen molar-refractivity contribution in [3.8, 4) is 0 Å². The molecular weight excluding hydrogens is 231 g/mol. The molecule has 0 atom stereocenters. The van der Waals surface area contributed by atoms with E-state index >= 15 is 0 Å². The molecule has 1 rings (SSSR count). The Balaban J connectivity index is 3.21. The van der Waals surface area contributed by atoms with Gasteiger partial charge in [-0.1, -0.05) is 11.6 Å². The Kier molecular flexibility index (Phi) is 3.23. The summed E-state index contributed by atoms with van der Waals surface area (Å²) >= 11 is 5.39. The molecule has 0 N–H and O–H groups in total. The van der Waals surface area contributed by atoms with Gasteiger partial charge in [0.25, 0.3) is 0 Å². The number of rotatable bonds is 3. The number of hydrogen-bond donors (Lipinski definition) is 0. The Morgan fingerprint density at radius 3 is 2.57 bits per heavy atom. The lowest BCUT2D eigenvalue weighted by atomic mass is 10.3. The van der Waals surface area contributed by atoms with Crippen LogP contribution in [0.1, 0.15) is 0 Å². The van der Waals surface area contributed by atoms with Crippen molar-refractivity contribution in [1.82, 2.24) is 0 Å². The average molecular weight is 237 g/mol. The molecule has 0 bridgehead atoms. The molecule has 0 amide bonds. The van der Waals surface area contributed by atoms with Crippen LogP contribution in [0.2, 0.25) is 5.02 Å². The molecule has 0 spiro atoms. The van der Waals surface area contributed by atoms with Crippen molar-refractivity contribution in [1.29, 1.82) is 0 Å². The van der Waals surface area contributed by atoms with E-state index in [1.54, 1.807) is 0 Å². The molecule has 0 aliphatic rings. The molecule has 14 heavy (non-hydrogen) atoms. The smallest absolute Gasteiger partial charge is 0.185 e. The molecule has 0 aliphatic heterocycles. The molecule has 0 aliphatic carbocycles. The van der Waals surface area contributed by atoms with Crippen molar-refractivity contribution < 1.29 is 17.6 Å². The third kappa shape index (κ3) is 2.30. The van der Waals surface area contributed by atoms with Crippen LogP contribution < -0.4 is 0 Å². The molecule has 0 radical (unpaired) electrons. The highest BCUT2D eigenvalue weighted by Gasteiger charge is 2.15. The number of carbonyl (C=O) groups is 1. The Bertz CT molecular complexity index is 456. The molecule has 0 saturated heterocycles. The minimum atomic E-state index is -3.67. The Labute approximate surface area is 85.4 Å². The summed E-state index contributed by atoms with van der Waals surface area (Å²) in [6, 6.07) is 3.00. The van der Waals surface area contributed by atoms with Gasteiger partial charge in [-0.25, -0.2) is 12.8 Å². The highest BCUT2D eigenvalue weighted by atomic mass is 35.5. The summed E-state index contributed by atoms with van der Waals surface area (Å²) in [5, 5.41) is -0.281. The van der Waals surface area contributed by atoms with E-state index in [1.165, 1.54) is 0 Å². The number of aldehydes is 1. The van der Waals surface area contributed by atoms with E-state index in [-0.39, 0.29) is 16.2 Å². The maximum Gasteiger partial charge on any atom is 0.185 e. The molecule has 6 heteroatoms. The fraction of sp³-hybridized carbons (Fsp3) is 0.125. The lowest BCUT2D eigenvalue weighted by molar-refractivity contribution is -0.105. The zero-order chi connectivity index (χ0) is 10.8. The molecule has 1 aromatic carbocycles. The van der Waals surface area contributed by atoms with E-state index in [4.69, 9.17) is 11.6 Å². The second kappa shape index (κ2) is 4.06. The monoisotopic (exact) mass is 236 g/mol. The van der Waals surface area contributed by atoms with Gasteiger partial charge in [0.1, 0.15) is 17.9 Å². The summed E-state index contributed by atoms with van der Waals surface area (Å²) in [6.45, 7) is 0. The lowest BCUT2D eigenvalue weighted by Gasteiger charge is -2.01. The number of benzene rings is 1. The molecule has 1 aromatic rings. The number of carbonyl (C=O) groups excluding carboxylic acids is 1.